The number of aryl methyl sites for hydroxylation is 1. The van der Waals surface area contributed by atoms with Gasteiger partial charge in [-0.3, -0.25) is 0 Å². The molecule has 18 heavy (non-hydrogen) atoms. The summed E-state index contributed by atoms with van der Waals surface area (Å²) >= 11 is 3.40. The van der Waals surface area contributed by atoms with Crippen molar-refractivity contribution in [2.75, 3.05) is 7.05 Å². The highest BCUT2D eigenvalue weighted by Crippen LogP contribution is 2.26. The van der Waals surface area contributed by atoms with Crippen molar-refractivity contribution >= 4 is 15.9 Å². The number of halogens is 2. The Hall–Kier alpha value is -1.13. The van der Waals surface area contributed by atoms with E-state index in [0.29, 0.717) is 0 Å². The van der Waals surface area contributed by atoms with Crippen LogP contribution in [0.2, 0.25) is 0 Å². The molecule has 2 aromatic rings. The van der Waals surface area contributed by atoms with Crippen molar-refractivity contribution in [1.29, 1.82) is 0 Å². The van der Waals surface area contributed by atoms with Crippen molar-refractivity contribution in [3.8, 4) is 0 Å². The Morgan fingerprint density at radius 2 is 2.17 bits per heavy atom. The molecule has 0 radical (unpaired) electrons. The quantitative estimate of drug-likeness (QED) is 0.923. The van der Waals surface area contributed by atoms with Crippen LogP contribution in [0, 0.1) is 12.7 Å². The Morgan fingerprint density at radius 1 is 1.39 bits per heavy atom. The van der Waals surface area contributed by atoms with Gasteiger partial charge in [-0.15, -0.1) is 0 Å². The van der Waals surface area contributed by atoms with Crippen LogP contribution in [0.1, 0.15) is 22.9 Å². The molecule has 0 aliphatic rings. The Morgan fingerprint density at radius 3 is 2.72 bits per heavy atom. The summed E-state index contributed by atoms with van der Waals surface area (Å²) in [7, 11) is 1.91. The average molecular weight is 312 g/mol. The molecule has 96 valence electrons. The lowest BCUT2D eigenvalue weighted by Crippen LogP contribution is -2.19. The van der Waals surface area contributed by atoms with Gasteiger partial charge in [0.05, 0.1) is 6.26 Å². The minimum absolute atomic E-state index is 0.158. The maximum atomic E-state index is 13.0. The minimum Gasteiger partial charge on any atom is -0.469 e. The van der Waals surface area contributed by atoms with Gasteiger partial charge < -0.3 is 9.73 Å². The van der Waals surface area contributed by atoms with Crippen molar-refractivity contribution in [3.05, 3.63) is 57.7 Å². The first kappa shape index (κ1) is 13.3. The molecule has 0 aliphatic heterocycles. The van der Waals surface area contributed by atoms with Gasteiger partial charge in [-0.05, 0) is 44.2 Å². The molecule has 0 amide bonds. The fraction of sp³-hybridized carbons (Fsp3) is 0.286. The molecule has 1 N–H and O–H groups in total. The lowest BCUT2D eigenvalue weighted by Gasteiger charge is -2.16. The van der Waals surface area contributed by atoms with Gasteiger partial charge in [-0.25, -0.2) is 4.39 Å². The molecule has 2 rings (SSSR count). The molecule has 2 nitrogen and oxygen atoms in total. The SMILES string of the molecule is CNC(Cc1ccc(F)cc1Br)c1ccoc1C. The minimum atomic E-state index is -0.230. The lowest BCUT2D eigenvalue weighted by atomic mass is 9.99. The smallest absolute Gasteiger partial charge is 0.124 e. The predicted octanol–water partition coefficient (Wildman–Crippen LogP) is 3.99. The monoisotopic (exact) mass is 311 g/mol. The molecule has 1 unspecified atom stereocenters. The Kier molecular flexibility index (Phi) is 4.19. The third-order valence-corrected chi connectivity index (χ3v) is 3.80. The summed E-state index contributed by atoms with van der Waals surface area (Å²) < 4.78 is 19.2. The molecule has 0 saturated heterocycles. The molecule has 1 atom stereocenters. The lowest BCUT2D eigenvalue weighted by molar-refractivity contribution is 0.511. The van der Waals surface area contributed by atoms with Crippen LogP contribution in [0.25, 0.3) is 0 Å². The third kappa shape index (κ3) is 2.82. The van der Waals surface area contributed by atoms with Gasteiger partial charge in [0.25, 0.3) is 0 Å². The number of benzene rings is 1. The van der Waals surface area contributed by atoms with Gasteiger partial charge in [0.15, 0.2) is 0 Å². The molecule has 0 bridgehead atoms. The van der Waals surface area contributed by atoms with Gasteiger partial charge in [0.2, 0.25) is 0 Å². The van der Waals surface area contributed by atoms with E-state index in [4.69, 9.17) is 4.42 Å². The van der Waals surface area contributed by atoms with Gasteiger partial charge in [-0.2, -0.15) is 0 Å². The first-order valence-corrected chi connectivity index (χ1v) is 6.56. The summed E-state index contributed by atoms with van der Waals surface area (Å²) in [5.41, 5.74) is 2.20. The van der Waals surface area contributed by atoms with E-state index in [1.807, 2.05) is 20.0 Å². The number of hydrogen-bond acceptors (Lipinski definition) is 2. The molecule has 0 fully saturated rings. The number of hydrogen-bond donors (Lipinski definition) is 1. The van der Waals surface area contributed by atoms with E-state index in [1.54, 1.807) is 12.3 Å². The van der Waals surface area contributed by atoms with E-state index in [2.05, 4.69) is 21.2 Å². The van der Waals surface area contributed by atoms with Crippen molar-refractivity contribution in [1.82, 2.24) is 5.32 Å². The van der Waals surface area contributed by atoms with Gasteiger partial charge in [-0.1, -0.05) is 22.0 Å². The summed E-state index contributed by atoms with van der Waals surface area (Å²) in [6, 6.07) is 6.90. The van der Waals surface area contributed by atoms with Crippen molar-refractivity contribution < 1.29 is 8.81 Å². The fourth-order valence-corrected chi connectivity index (χ4v) is 2.54. The van der Waals surface area contributed by atoms with E-state index < -0.39 is 0 Å². The Labute approximate surface area is 114 Å². The van der Waals surface area contributed by atoms with Crippen LogP contribution >= 0.6 is 15.9 Å². The zero-order valence-electron chi connectivity index (χ0n) is 10.3. The highest BCUT2D eigenvalue weighted by molar-refractivity contribution is 9.10. The van der Waals surface area contributed by atoms with Crippen molar-refractivity contribution in [2.24, 2.45) is 0 Å². The average Bonchev–Trinajstić information content (AvgIpc) is 2.75. The first-order chi connectivity index (χ1) is 8.61. The highest BCUT2D eigenvalue weighted by Gasteiger charge is 2.16. The first-order valence-electron chi connectivity index (χ1n) is 5.77. The highest BCUT2D eigenvalue weighted by atomic mass is 79.9. The second kappa shape index (κ2) is 5.67. The topological polar surface area (TPSA) is 25.2 Å². The van der Waals surface area contributed by atoms with Crippen LogP contribution in [-0.4, -0.2) is 7.05 Å². The number of nitrogens with one attached hydrogen (secondary N) is 1. The van der Waals surface area contributed by atoms with Crippen LogP contribution < -0.4 is 5.32 Å². The Bertz CT molecular complexity index is 538. The van der Waals surface area contributed by atoms with Crippen molar-refractivity contribution in [3.63, 3.8) is 0 Å². The van der Waals surface area contributed by atoms with E-state index in [1.165, 1.54) is 12.1 Å². The largest absolute Gasteiger partial charge is 0.469 e. The number of rotatable bonds is 4. The standard InChI is InChI=1S/C14H15BrFNO/c1-9-12(5-6-18-9)14(17-2)7-10-3-4-11(16)8-13(10)15/h3-6,8,14,17H,7H2,1-2H3. The van der Waals surface area contributed by atoms with Crippen LogP contribution in [0.4, 0.5) is 4.39 Å². The normalized spacial score (nSPS) is 12.7. The van der Waals surface area contributed by atoms with Crippen LogP contribution in [0.5, 0.6) is 0 Å². The second-order valence-corrected chi connectivity index (χ2v) is 5.07. The number of furan rings is 1. The van der Waals surface area contributed by atoms with Gasteiger partial charge >= 0.3 is 0 Å². The third-order valence-electron chi connectivity index (χ3n) is 3.06. The maximum absolute atomic E-state index is 13.0. The zero-order chi connectivity index (χ0) is 13.1. The molecule has 1 aromatic heterocycles. The van der Waals surface area contributed by atoms with Gasteiger partial charge in [0.1, 0.15) is 11.6 Å². The molecule has 0 spiro atoms. The summed E-state index contributed by atoms with van der Waals surface area (Å²) in [5.74, 6) is 0.679. The predicted molar refractivity (Wildman–Crippen MR) is 73.0 cm³/mol. The van der Waals surface area contributed by atoms with E-state index in [9.17, 15) is 4.39 Å². The van der Waals surface area contributed by atoms with Crippen molar-refractivity contribution in [2.45, 2.75) is 19.4 Å². The molecule has 1 heterocycles. The maximum Gasteiger partial charge on any atom is 0.124 e. The number of likely N-dealkylation sites (N-methyl/N-ethyl adjacent to an activating group) is 1. The zero-order valence-corrected chi connectivity index (χ0v) is 11.9. The van der Waals surface area contributed by atoms with E-state index >= 15 is 0 Å². The fourth-order valence-electron chi connectivity index (χ4n) is 2.03. The molecule has 0 aliphatic carbocycles. The van der Waals surface area contributed by atoms with E-state index in [0.717, 1.165) is 27.8 Å². The summed E-state index contributed by atoms with van der Waals surface area (Å²) in [4.78, 5) is 0. The molecular weight excluding hydrogens is 297 g/mol. The molecule has 1 aromatic carbocycles. The molecule has 4 heteroatoms. The summed E-state index contributed by atoms with van der Waals surface area (Å²) in [6.07, 6.45) is 2.46. The second-order valence-electron chi connectivity index (χ2n) is 4.21. The van der Waals surface area contributed by atoms with Crippen LogP contribution in [-0.2, 0) is 6.42 Å². The van der Waals surface area contributed by atoms with Gasteiger partial charge in [0, 0.05) is 16.1 Å². The van der Waals surface area contributed by atoms with E-state index in [-0.39, 0.29) is 11.9 Å². The summed E-state index contributed by atoms with van der Waals surface area (Å²) in [5, 5.41) is 3.26. The Balaban J connectivity index is 2.23. The van der Waals surface area contributed by atoms with Crippen LogP contribution in [0.3, 0.4) is 0 Å². The molecule has 0 saturated carbocycles. The summed E-state index contributed by atoms with van der Waals surface area (Å²) in [6.45, 7) is 1.94. The molecular formula is C14H15BrFNO. The van der Waals surface area contributed by atoms with Crippen LogP contribution in [0.15, 0.2) is 39.4 Å².